The van der Waals surface area contributed by atoms with E-state index in [9.17, 15) is 4.79 Å². The molecule has 25 heavy (non-hydrogen) atoms. The van der Waals surface area contributed by atoms with E-state index in [0.29, 0.717) is 18.7 Å². The van der Waals surface area contributed by atoms with E-state index in [4.69, 9.17) is 5.26 Å². The van der Waals surface area contributed by atoms with E-state index in [-0.39, 0.29) is 11.9 Å². The first-order valence-electron chi connectivity index (χ1n) is 8.68. The molecule has 2 aromatic rings. The van der Waals surface area contributed by atoms with Gasteiger partial charge in [0.05, 0.1) is 18.2 Å². The van der Waals surface area contributed by atoms with Gasteiger partial charge in [-0.2, -0.15) is 5.26 Å². The van der Waals surface area contributed by atoms with Crippen molar-refractivity contribution >= 4 is 5.91 Å². The number of nitrogens with zero attached hydrogens (tertiary/aromatic N) is 2. The van der Waals surface area contributed by atoms with Gasteiger partial charge in [-0.1, -0.05) is 49.4 Å². The minimum absolute atomic E-state index is 0.0401. The Kier molecular flexibility index (Phi) is 7.18. The number of rotatable bonds is 8. The SMILES string of the molecule is CCN(CC(=O)NCCc1ccccc1)C(C)c1ccc(C#N)cc1. The van der Waals surface area contributed by atoms with Crippen LogP contribution in [0.4, 0.5) is 0 Å². The number of likely N-dealkylation sites (N-methyl/N-ethyl adjacent to an activating group) is 1. The van der Waals surface area contributed by atoms with E-state index < -0.39 is 0 Å². The molecule has 0 saturated carbocycles. The molecule has 0 aliphatic rings. The van der Waals surface area contributed by atoms with Gasteiger partial charge in [0.25, 0.3) is 0 Å². The Morgan fingerprint density at radius 2 is 1.84 bits per heavy atom. The highest BCUT2D eigenvalue weighted by Gasteiger charge is 2.17. The maximum Gasteiger partial charge on any atom is 0.234 e. The third kappa shape index (κ3) is 5.74. The summed E-state index contributed by atoms with van der Waals surface area (Å²) in [6, 6.07) is 19.9. The van der Waals surface area contributed by atoms with E-state index >= 15 is 0 Å². The summed E-state index contributed by atoms with van der Waals surface area (Å²) in [6.45, 7) is 5.94. The molecule has 0 aliphatic carbocycles. The lowest BCUT2D eigenvalue weighted by Gasteiger charge is -2.27. The molecule has 0 bridgehead atoms. The normalized spacial score (nSPS) is 11.8. The Hall–Kier alpha value is -2.64. The van der Waals surface area contributed by atoms with Crippen LogP contribution in [0.15, 0.2) is 54.6 Å². The van der Waals surface area contributed by atoms with E-state index in [1.807, 2.05) is 42.5 Å². The lowest BCUT2D eigenvalue weighted by Crippen LogP contribution is -2.39. The quantitative estimate of drug-likeness (QED) is 0.805. The molecule has 2 aromatic carbocycles. The first-order valence-corrected chi connectivity index (χ1v) is 8.68. The van der Waals surface area contributed by atoms with Gasteiger partial charge < -0.3 is 5.32 Å². The van der Waals surface area contributed by atoms with Crippen LogP contribution < -0.4 is 5.32 Å². The van der Waals surface area contributed by atoms with Gasteiger partial charge >= 0.3 is 0 Å². The predicted molar refractivity (Wildman–Crippen MR) is 100.0 cm³/mol. The average Bonchev–Trinajstić information content (AvgIpc) is 2.66. The highest BCUT2D eigenvalue weighted by Crippen LogP contribution is 2.20. The van der Waals surface area contributed by atoms with Crippen molar-refractivity contribution in [2.75, 3.05) is 19.6 Å². The largest absolute Gasteiger partial charge is 0.355 e. The fourth-order valence-corrected chi connectivity index (χ4v) is 2.80. The van der Waals surface area contributed by atoms with Crippen molar-refractivity contribution in [2.24, 2.45) is 0 Å². The van der Waals surface area contributed by atoms with Crippen LogP contribution in [0, 0.1) is 11.3 Å². The zero-order valence-corrected chi connectivity index (χ0v) is 14.9. The van der Waals surface area contributed by atoms with Crippen LogP contribution >= 0.6 is 0 Å². The monoisotopic (exact) mass is 335 g/mol. The van der Waals surface area contributed by atoms with Crippen molar-refractivity contribution in [3.63, 3.8) is 0 Å². The van der Waals surface area contributed by atoms with Crippen molar-refractivity contribution in [3.05, 3.63) is 71.3 Å². The van der Waals surface area contributed by atoms with E-state index in [1.165, 1.54) is 5.56 Å². The van der Waals surface area contributed by atoms with E-state index in [2.05, 4.69) is 42.3 Å². The van der Waals surface area contributed by atoms with Gasteiger partial charge in [0.15, 0.2) is 0 Å². The van der Waals surface area contributed by atoms with E-state index in [1.54, 1.807) is 0 Å². The molecule has 1 unspecified atom stereocenters. The summed E-state index contributed by atoms with van der Waals surface area (Å²) in [5, 5.41) is 11.9. The third-order valence-corrected chi connectivity index (χ3v) is 4.40. The molecule has 0 saturated heterocycles. The van der Waals surface area contributed by atoms with Crippen molar-refractivity contribution in [2.45, 2.75) is 26.3 Å². The van der Waals surface area contributed by atoms with Crippen molar-refractivity contribution in [3.8, 4) is 6.07 Å². The van der Waals surface area contributed by atoms with Crippen LogP contribution in [0.25, 0.3) is 0 Å². The number of carbonyl (C=O) groups is 1. The zero-order chi connectivity index (χ0) is 18.1. The second-order valence-corrected chi connectivity index (χ2v) is 6.06. The number of benzene rings is 2. The van der Waals surface area contributed by atoms with Crippen molar-refractivity contribution in [1.82, 2.24) is 10.2 Å². The first kappa shape index (κ1) is 18.7. The fourth-order valence-electron chi connectivity index (χ4n) is 2.80. The van der Waals surface area contributed by atoms with Gasteiger partial charge in [-0.15, -0.1) is 0 Å². The smallest absolute Gasteiger partial charge is 0.234 e. The first-order chi connectivity index (χ1) is 12.1. The molecular weight excluding hydrogens is 310 g/mol. The lowest BCUT2D eigenvalue weighted by atomic mass is 10.0. The van der Waals surface area contributed by atoms with E-state index in [0.717, 1.165) is 18.5 Å². The Bertz CT molecular complexity index is 704. The summed E-state index contributed by atoms with van der Waals surface area (Å²) >= 11 is 0. The molecule has 130 valence electrons. The number of nitriles is 1. The van der Waals surface area contributed by atoms with Crippen LogP contribution in [0.1, 0.15) is 36.6 Å². The Balaban J connectivity index is 1.85. The summed E-state index contributed by atoms with van der Waals surface area (Å²) in [4.78, 5) is 14.4. The highest BCUT2D eigenvalue weighted by atomic mass is 16.2. The molecule has 0 heterocycles. The van der Waals surface area contributed by atoms with Crippen LogP contribution in [0.5, 0.6) is 0 Å². The molecule has 4 heteroatoms. The van der Waals surface area contributed by atoms with Crippen LogP contribution in [-0.2, 0) is 11.2 Å². The molecule has 1 amide bonds. The predicted octanol–water partition coefficient (Wildman–Crippen LogP) is 3.30. The van der Waals surface area contributed by atoms with Gasteiger partial charge in [0, 0.05) is 12.6 Å². The molecule has 0 radical (unpaired) electrons. The van der Waals surface area contributed by atoms with Crippen molar-refractivity contribution in [1.29, 1.82) is 5.26 Å². The van der Waals surface area contributed by atoms with Gasteiger partial charge in [-0.25, -0.2) is 0 Å². The van der Waals surface area contributed by atoms with Crippen LogP contribution in [0.2, 0.25) is 0 Å². The van der Waals surface area contributed by atoms with Gasteiger partial charge in [0.2, 0.25) is 5.91 Å². The van der Waals surface area contributed by atoms with Crippen LogP contribution in [-0.4, -0.2) is 30.4 Å². The molecule has 0 spiro atoms. The maximum absolute atomic E-state index is 12.2. The summed E-state index contributed by atoms with van der Waals surface area (Å²) in [7, 11) is 0. The molecule has 4 nitrogen and oxygen atoms in total. The Morgan fingerprint density at radius 1 is 1.16 bits per heavy atom. The molecule has 0 fully saturated rings. The number of hydrogen-bond donors (Lipinski definition) is 1. The molecule has 1 atom stereocenters. The summed E-state index contributed by atoms with van der Waals surface area (Å²) < 4.78 is 0. The summed E-state index contributed by atoms with van der Waals surface area (Å²) in [5.41, 5.74) is 2.98. The van der Waals surface area contributed by atoms with Gasteiger partial charge in [-0.05, 0) is 43.1 Å². The highest BCUT2D eigenvalue weighted by molar-refractivity contribution is 5.78. The Labute approximate surface area is 150 Å². The average molecular weight is 335 g/mol. The number of carbonyl (C=O) groups excluding carboxylic acids is 1. The number of hydrogen-bond acceptors (Lipinski definition) is 3. The minimum Gasteiger partial charge on any atom is -0.355 e. The third-order valence-electron chi connectivity index (χ3n) is 4.40. The molecule has 0 aliphatic heterocycles. The van der Waals surface area contributed by atoms with Crippen LogP contribution in [0.3, 0.4) is 0 Å². The molecule has 2 rings (SSSR count). The number of amides is 1. The summed E-state index contributed by atoms with van der Waals surface area (Å²) in [5.74, 6) is 0.0401. The Morgan fingerprint density at radius 3 is 2.44 bits per heavy atom. The second kappa shape index (κ2) is 9.61. The molecule has 0 aromatic heterocycles. The van der Waals surface area contributed by atoms with Gasteiger partial charge in [0.1, 0.15) is 0 Å². The lowest BCUT2D eigenvalue weighted by molar-refractivity contribution is -0.122. The minimum atomic E-state index is 0.0401. The summed E-state index contributed by atoms with van der Waals surface area (Å²) in [6.07, 6.45) is 0.837. The molecular formula is C21H25N3O. The van der Waals surface area contributed by atoms with Crippen molar-refractivity contribution < 1.29 is 4.79 Å². The molecule has 1 N–H and O–H groups in total. The number of nitrogens with one attached hydrogen (secondary N) is 1. The second-order valence-electron chi connectivity index (χ2n) is 6.06. The fraction of sp³-hybridized carbons (Fsp3) is 0.333. The standard InChI is InChI=1S/C21H25N3O/c1-3-24(17(2)20-11-9-19(15-22)10-12-20)16-21(25)23-14-13-18-7-5-4-6-8-18/h4-12,17H,3,13-14,16H2,1-2H3,(H,23,25). The maximum atomic E-state index is 12.2. The topological polar surface area (TPSA) is 56.1 Å². The zero-order valence-electron chi connectivity index (χ0n) is 14.9. The van der Waals surface area contributed by atoms with Gasteiger partial charge in [-0.3, -0.25) is 9.69 Å².